The summed E-state index contributed by atoms with van der Waals surface area (Å²) in [6.07, 6.45) is 0. The van der Waals surface area contributed by atoms with E-state index < -0.39 is 0 Å². The van der Waals surface area contributed by atoms with Crippen LogP contribution in [-0.2, 0) is 0 Å². The van der Waals surface area contributed by atoms with Gasteiger partial charge >= 0.3 is 0 Å². The van der Waals surface area contributed by atoms with Gasteiger partial charge in [-0.05, 0) is 49.4 Å². The van der Waals surface area contributed by atoms with Gasteiger partial charge in [0.15, 0.2) is 0 Å². The van der Waals surface area contributed by atoms with Crippen molar-refractivity contribution in [2.45, 2.75) is 6.92 Å². The van der Waals surface area contributed by atoms with Gasteiger partial charge in [-0.15, -0.1) is 0 Å². The second-order valence-electron chi connectivity index (χ2n) is 9.09. The highest BCUT2D eigenvalue weighted by atomic mass is 16.5. The number of fused-ring (bicyclic) bond motifs is 1. The molecular formula is C30H31N3O4. The van der Waals surface area contributed by atoms with Gasteiger partial charge in [0, 0.05) is 43.2 Å². The number of carbonyl (C=O) groups excluding carboxylic acids is 1. The molecule has 190 valence electrons. The van der Waals surface area contributed by atoms with Crippen molar-refractivity contribution in [1.82, 2.24) is 9.88 Å². The smallest absolute Gasteiger partial charge is 0.254 e. The van der Waals surface area contributed by atoms with E-state index >= 15 is 0 Å². The maximum atomic E-state index is 13.9. The molecule has 0 radical (unpaired) electrons. The maximum absolute atomic E-state index is 13.9. The molecule has 0 atom stereocenters. The highest BCUT2D eigenvalue weighted by molar-refractivity contribution is 6.07. The van der Waals surface area contributed by atoms with Gasteiger partial charge in [0.25, 0.3) is 5.91 Å². The lowest BCUT2D eigenvalue weighted by molar-refractivity contribution is 0.0748. The first-order valence-corrected chi connectivity index (χ1v) is 12.3. The normalized spacial score (nSPS) is 13.5. The molecule has 1 aliphatic heterocycles. The molecule has 4 aromatic rings. The van der Waals surface area contributed by atoms with Crippen LogP contribution in [0, 0.1) is 6.92 Å². The summed E-state index contributed by atoms with van der Waals surface area (Å²) in [5.41, 5.74) is 5.05. The summed E-state index contributed by atoms with van der Waals surface area (Å²) >= 11 is 0. The average molecular weight is 498 g/mol. The predicted octanol–water partition coefficient (Wildman–Crippen LogP) is 5.20. The number of methoxy groups -OCH3 is 3. The molecule has 0 N–H and O–H groups in total. The second-order valence-corrected chi connectivity index (χ2v) is 9.09. The molecule has 5 rings (SSSR count). The highest BCUT2D eigenvalue weighted by Gasteiger charge is 2.26. The Hall–Kier alpha value is -4.26. The first-order chi connectivity index (χ1) is 18.0. The lowest BCUT2D eigenvalue weighted by Gasteiger charge is -2.36. The van der Waals surface area contributed by atoms with Gasteiger partial charge in [-0.2, -0.15) is 0 Å². The number of amides is 1. The summed E-state index contributed by atoms with van der Waals surface area (Å²) in [4.78, 5) is 23.0. The van der Waals surface area contributed by atoms with Crippen molar-refractivity contribution in [3.63, 3.8) is 0 Å². The van der Waals surface area contributed by atoms with Crippen molar-refractivity contribution in [2.75, 3.05) is 52.4 Å². The van der Waals surface area contributed by atoms with E-state index in [1.165, 1.54) is 0 Å². The van der Waals surface area contributed by atoms with Crippen LogP contribution in [0.1, 0.15) is 15.9 Å². The fraction of sp³-hybridized carbons (Fsp3) is 0.267. The molecule has 37 heavy (non-hydrogen) atoms. The van der Waals surface area contributed by atoms with Gasteiger partial charge in [0.05, 0.1) is 43.8 Å². The molecule has 1 aromatic heterocycles. The Kier molecular flexibility index (Phi) is 6.86. The van der Waals surface area contributed by atoms with Crippen LogP contribution in [0.5, 0.6) is 17.2 Å². The van der Waals surface area contributed by atoms with Crippen LogP contribution in [0.25, 0.3) is 22.2 Å². The Balaban J connectivity index is 1.49. The van der Waals surface area contributed by atoms with Gasteiger partial charge < -0.3 is 24.0 Å². The maximum Gasteiger partial charge on any atom is 0.254 e. The van der Waals surface area contributed by atoms with E-state index in [0.717, 1.165) is 46.6 Å². The van der Waals surface area contributed by atoms with Gasteiger partial charge in [-0.3, -0.25) is 4.79 Å². The minimum Gasteiger partial charge on any atom is -0.497 e. The molecule has 3 aromatic carbocycles. The van der Waals surface area contributed by atoms with E-state index in [2.05, 4.69) is 11.0 Å². The van der Waals surface area contributed by atoms with Crippen molar-refractivity contribution in [2.24, 2.45) is 0 Å². The first kappa shape index (κ1) is 24.4. The molecule has 0 aliphatic carbocycles. The van der Waals surface area contributed by atoms with Crippen LogP contribution in [-0.4, -0.2) is 63.3 Å². The Morgan fingerprint density at radius 2 is 1.57 bits per heavy atom. The number of ether oxygens (including phenoxy) is 3. The number of aromatic nitrogens is 1. The van der Waals surface area contributed by atoms with E-state index in [9.17, 15) is 4.79 Å². The summed E-state index contributed by atoms with van der Waals surface area (Å²) in [7, 11) is 4.93. The molecule has 7 heteroatoms. The van der Waals surface area contributed by atoms with E-state index in [1.807, 2.05) is 72.5 Å². The molecule has 0 unspecified atom stereocenters. The molecule has 0 bridgehead atoms. The van der Waals surface area contributed by atoms with Crippen LogP contribution in [0.3, 0.4) is 0 Å². The van der Waals surface area contributed by atoms with Gasteiger partial charge in [0.2, 0.25) is 0 Å². The number of aryl methyl sites for hydroxylation is 1. The van der Waals surface area contributed by atoms with Crippen molar-refractivity contribution in [3.05, 3.63) is 77.9 Å². The zero-order chi connectivity index (χ0) is 25.9. The number of carbonyl (C=O) groups is 1. The van der Waals surface area contributed by atoms with Crippen LogP contribution >= 0.6 is 0 Å². The monoisotopic (exact) mass is 497 g/mol. The predicted molar refractivity (Wildman–Crippen MR) is 146 cm³/mol. The third kappa shape index (κ3) is 4.77. The highest BCUT2D eigenvalue weighted by Crippen LogP contribution is 2.35. The molecule has 1 saturated heterocycles. The van der Waals surface area contributed by atoms with E-state index in [4.69, 9.17) is 19.2 Å². The Morgan fingerprint density at radius 3 is 2.30 bits per heavy atom. The number of para-hydroxylation sites is 2. The van der Waals surface area contributed by atoms with Crippen molar-refractivity contribution < 1.29 is 19.0 Å². The quantitative estimate of drug-likeness (QED) is 0.365. The van der Waals surface area contributed by atoms with E-state index in [0.29, 0.717) is 35.8 Å². The Labute approximate surface area is 217 Å². The van der Waals surface area contributed by atoms with Crippen molar-refractivity contribution >= 4 is 22.5 Å². The standard InChI is InChI=1S/C30H31N3O4/c1-20-9-12-25-23(17-20)24(19-26(31-25)22-11-10-21(35-2)18-29(22)37-4)30(34)33-15-13-32(14-16-33)27-7-5-6-8-28(27)36-3/h5-12,17-19H,13-16H2,1-4H3. The Morgan fingerprint density at radius 1 is 0.811 bits per heavy atom. The molecule has 0 spiro atoms. The zero-order valence-corrected chi connectivity index (χ0v) is 21.7. The molecular weight excluding hydrogens is 466 g/mol. The molecule has 7 nitrogen and oxygen atoms in total. The number of hydrogen-bond donors (Lipinski definition) is 0. The lowest BCUT2D eigenvalue weighted by Crippen LogP contribution is -2.49. The second kappa shape index (κ2) is 10.4. The summed E-state index contributed by atoms with van der Waals surface area (Å²) < 4.78 is 16.5. The Bertz CT molecular complexity index is 1440. The largest absolute Gasteiger partial charge is 0.497 e. The number of pyridine rings is 1. The number of hydrogen-bond acceptors (Lipinski definition) is 6. The number of nitrogens with zero attached hydrogens (tertiary/aromatic N) is 3. The van der Waals surface area contributed by atoms with Crippen LogP contribution in [0.15, 0.2) is 66.7 Å². The topological polar surface area (TPSA) is 64.1 Å². The van der Waals surface area contributed by atoms with E-state index in [-0.39, 0.29) is 5.91 Å². The number of piperazine rings is 1. The van der Waals surface area contributed by atoms with Crippen molar-refractivity contribution in [3.8, 4) is 28.5 Å². The molecule has 1 fully saturated rings. The lowest BCUT2D eigenvalue weighted by atomic mass is 10.0. The third-order valence-corrected chi connectivity index (χ3v) is 6.87. The van der Waals surface area contributed by atoms with Gasteiger partial charge in [0.1, 0.15) is 17.2 Å². The summed E-state index contributed by atoms with van der Waals surface area (Å²) in [6, 6.07) is 21.5. The van der Waals surface area contributed by atoms with Crippen molar-refractivity contribution in [1.29, 1.82) is 0 Å². The van der Waals surface area contributed by atoms with E-state index in [1.54, 1.807) is 21.3 Å². The third-order valence-electron chi connectivity index (χ3n) is 6.87. The molecule has 2 heterocycles. The van der Waals surface area contributed by atoms with Crippen LogP contribution < -0.4 is 19.1 Å². The summed E-state index contributed by atoms with van der Waals surface area (Å²) in [5.74, 6) is 2.19. The summed E-state index contributed by atoms with van der Waals surface area (Å²) in [6.45, 7) is 4.72. The van der Waals surface area contributed by atoms with Crippen LogP contribution in [0.4, 0.5) is 5.69 Å². The number of anilines is 1. The van der Waals surface area contributed by atoms with Crippen LogP contribution in [0.2, 0.25) is 0 Å². The minimum absolute atomic E-state index is 0.00593. The fourth-order valence-electron chi connectivity index (χ4n) is 4.88. The number of rotatable bonds is 6. The number of benzene rings is 3. The first-order valence-electron chi connectivity index (χ1n) is 12.3. The fourth-order valence-corrected chi connectivity index (χ4v) is 4.88. The molecule has 1 aliphatic rings. The van der Waals surface area contributed by atoms with Gasteiger partial charge in [-0.1, -0.05) is 23.8 Å². The summed E-state index contributed by atoms with van der Waals surface area (Å²) in [5, 5.41) is 0.855. The minimum atomic E-state index is 0.00593. The average Bonchev–Trinajstić information content (AvgIpc) is 2.96. The van der Waals surface area contributed by atoms with Gasteiger partial charge in [-0.25, -0.2) is 4.98 Å². The molecule has 0 saturated carbocycles. The SMILES string of the molecule is COc1ccc(-c2cc(C(=O)N3CCN(c4ccccc4OC)CC3)c3cc(C)ccc3n2)c(OC)c1. The molecule has 1 amide bonds. The zero-order valence-electron chi connectivity index (χ0n) is 21.7.